The first kappa shape index (κ1) is 18.9. The Morgan fingerprint density at radius 1 is 1.19 bits per heavy atom. The Kier molecular flexibility index (Phi) is 5.94. The van der Waals surface area contributed by atoms with Crippen molar-refractivity contribution in [3.63, 3.8) is 0 Å². The van der Waals surface area contributed by atoms with Gasteiger partial charge < -0.3 is 9.80 Å². The highest BCUT2D eigenvalue weighted by Crippen LogP contribution is 2.33. The molecule has 3 rings (SSSR count). The van der Waals surface area contributed by atoms with Crippen molar-refractivity contribution < 1.29 is 14.0 Å². The van der Waals surface area contributed by atoms with Gasteiger partial charge in [0.25, 0.3) is 0 Å². The van der Waals surface area contributed by atoms with Crippen LogP contribution in [0.4, 0.5) is 4.39 Å². The summed E-state index contributed by atoms with van der Waals surface area (Å²) in [6.07, 6.45) is 4.00. The van der Waals surface area contributed by atoms with E-state index in [2.05, 4.69) is 13.8 Å². The minimum Gasteiger partial charge on any atom is -0.342 e. The lowest BCUT2D eigenvalue weighted by Gasteiger charge is -2.47. The van der Waals surface area contributed by atoms with Gasteiger partial charge in [-0.2, -0.15) is 0 Å². The third-order valence-corrected chi connectivity index (χ3v) is 6.06. The molecule has 0 N–H and O–H groups in total. The summed E-state index contributed by atoms with van der Waals surface area (Å²) in [4.78, 5) is 29.2. The predicted octanol–water partition coefficient (Wildman–Crippen LogP) is 3.60. The Morgan fingerprint density at radius 2 is 1.88 bits per heavy atom. The van der Waals surface area contributed by atoms with Gasteiger partial charge in [0.15, 0.2) is 0 Å². The van der Waals surface area contributed by atoms with Gasteiger partial charge >= 0.3 is 0 Å². The van der Waals surface area contributed by atoms with Gasteiger partial charge in [-0.3, -0.25) is 9.59 Å². The third-order valence-electron chi connectivity index (χ3n) is 6.06. The quantitative estimate of drug-likeness (QED) is 0.805. The molecule has 0 spiro atoms. The fraction of sp³-hybridized carbons (Fsp3) is 0.619. The Labute approximate surface area is 155 Å². The molecular weight excluding hydrogens is 331 g/mol. The van der Waals surface area contributed by atoms with Crippen LogP contribution in [-0.4, -0.2) is 40.7 Å². The van der Waals surface area contributed by atoms with Crippen molar-refractivity contribution in [2.45, 2.75) is 58.5 Å². The maximum atomic E-state index is 13.1. The van der Waals surface area contributed by atoms with E-state index in [1.165, 1.54) is 12.1 Å². The molecule has 26 heavy (non-hydrogen) atoms. The SMILES string of the molecule is CCC(CC)C(=O)N1CC[C@H]2[C@H](CCC(=O)N2Cc2ccc(F)cc2)C1. The van der Waals surface area contributed by atoms with Crippen LogP contribution in [0.25, 0.3) is 0 Å². The third kappa shape index (κ3) is 3.92. The molecular formula is C21H29FN2O2. The van der Waals surface area contributed by atoms with E-state index in [1.807, 2.05) is 9.80 Å². The lowest BCUT2D eigenvalue weighted by molar-refractivity contribution is -0.146. The Morgan fingerprint density at radius 3 is 2.54 bits per heavy atom. The van der Waals surface area contributed by atoms with E-state index in [0.717, 1.165) is 44.3 Å². The van der Waals surface area contributed by atoms with Gasteiger partial charge in [-0.05, 0) is 49.3 Å². The molecule has 5 heteroatoms. The number of hydrogen-bond acceptors (Lipinski definition) is 2. The van der Waals surface area contributed by atoms with Crippen molar-refractivity contribution in [1.29, 1.82) is 0 Å². The normalized spacial score (nSPS) is 23.3. The number of carbonyl (C=O) groups excluding carboxylic acids is 2. The van der Waals surface area contributed by atoms with Crippen LogP contribution in [0.15, 0.2) is 24.3 Å². The first-order chi connectivity index (χ1) is 12.5. The summed E-state index contributed by atoms with van der Waals surface area (Å²) in [5.41, 5.74) is 0.955. The zero-order valence-electron chi connectivity index (χ0n) is 15.8. The minimum atomic E-state index is -0.259. The van der Waals surface area contributed by atoms with Gasteiger partial charge in [0, 0.05) is 38.0 Å². The van der Waals surface area contributed by atoms with Gasteiger partial charge in [-0.1, -0.05) is 26.0 Å². The highest BCUT2D eigenvalue weighted by molar-refractivity contribution is 5.80. The second-order valence-electron chi connectivity index (χ2n) is 7.60. The summed E-state index contributed by atoms with van der Waals surface area (Å²) in [6, 6.07) is 6.57. The molecule has 0 radical (unpaired) electrons. The molecule has 142 valence electrons. The molecule has 1 aromatic carbocycles. The van der Waals surface area contributed by atoms with Gasteiger partial charge in [-0.15, -0.1) is 0 Å². The smallest absolute Gasteiger partial charge is 0.225 e. The molecule has 0 bridgehead atoms. The molecule has 1 aromatic rings. The molecule has 0 aliphatic carbocycles. The van der Waals surface area contributed by atoms with Crippen LogP contribution < -0.4 is 0 Å². The Balaban J connectivity index is 1.68. The van der Waals surface area contributed by atoms with Crippen molar-refractivity contribution in [1.82, 2.24) is 9.80 Å². The van der Waals surface area contributed by atoms with Crippen LogP contribution in [0.3, 0.4) is 0 Å². The molecule has 2 saturated heterocycles. The van der Waals surface area contributed by atoms with E-state index in [4.69, 9.17) is 0 Å². The molecule has 0 unspecified atom stereocenters. The lowest BCUT2D eigenvalue weighted by Crippen LogP contribution is -2.57. The first-order valence-electron chi connectivity index (χ1n) is 9.86. The second-order valence-corrected chi connectivity index (χ2v) is 7.60. The van der Waals surface area contributed by atoms with E-state index in [9.17, 15) is 14.0 Å². The summed E-state index contributed by atoms with van der Waals surface area (Å²) >= 11 is 0. The highest BCUT2D eigenvalue weighted by Gasteiger charge is 2.40. The number of fused-ring (bicyclic) bond motifs is 1. The standard InChI is InChI=1S/C21H29FN2O2/c1-3-16(4-2)21(26)23-12-11-19-17(14-23)7-10-20(25)24(19)13-15-5-8-18(22)9-6-15/h5-6,8-9,16-17,19H,3-4,7,10-14H2,1-2H3/t17-,19+/m1/s1. The molecule has 2 amide bonds. The van der Waals surface area contributed by atoms with E-state index in [0.29, 0.717) is 18.9 Å². The number of amides is 2. The summed E-state index contributed by atoms with van der Waals surface area (Å²) in [5.74, 6) is 0.655. The molecule has 2 aliphatic heterocycles. The van der Waals surface area contributed by atoms with Crippen molar-refractivity contribution in [3.8, 4) is 0 Å². The first-order valence-corrected chi connectivity index (χ1v) is 9.86. The van der Waals surface area contributed by atoms with Crippen molar-refractivity contribution >= 4 is 11.8 Å². The summed E-state index contributed by atoms with van der Waals surface area (Å²) in [7, 11) is 0. The van der Waals surface area contributed by atoms with Gasteiger partial charge in [0.2, 0.25) is 11.8 Å². The average Bonchev–Trinajstić information content (AvgIpc) is 2.66. The summed E-state index contributed by atoms with van der Waals surface area (Å²) in [6.45, 7) is 6.16. The highest BCUT2D eigenvalue weighted by atomic mass is 19.1. The number of nitrogens with zero attached hydrogens (tertiary/aromatic N) is 2. The van der Waals surface area contributed by atoms with Crippen molar-refractivity contribution in [3.05, 3.63) is 35.6 Å². The molecule has 0 aromatic heterocycles. The molecule has 2 fully saturated rings. The van der Waals surface area contributed by atoms with E-state index >= 15 is 0 Å². The van der Waals surface area contributed by atoms with Crippen molar-refractivity contribution in [2.75, 3.05) is 13.1 Å². The number of benzene rings is 1. The molecule has 0 saturated carbocycles. The van der Waals surface area contributed by atoms with E-state index < -0.39 is 0 Å². The van der Waals surface area contributed by atoms with Crippen LogP contribution in [0.2, 0.25) is 0 Å². The van der Waals surface area contributed by atoms with Crippen LogP contribution in [0.5, 0.6) is 0 Å². The molecule has 2 atom stereocenters. The van der Waals surface area contributed by atoms with E-state index in [1.54, 1.807) is 12.1 Å². The van der Waals surface area contributed by atoms with Crippen LogP contribution >= 0.6 is 0 Å². The molecule has 2 aliphatic rings. The maximum Gasteiger partial charge on any atom is 0.225 e. The van der Waals surface area contributed by atoms with Crippen LogP contribution in [-0.2, 0) is 16.1 Å². The van der Waals surface area contributed by atoms with Gasteiger partial charge in [-0.25, -0.2) is 4.39 Å². The maximum absolute atomic E-state index is 13.1. The van der Waals surface area contributed by atoms with Crippen LogP contribution in [0.1, 0.15) is 51.5 Å². The number of piperidine rings is 2. The van der Waals surface area contributed by atoms with Crippen LogP contribution in [0, 0.1) is 17.7 Å². The van der Waals surface area contributed by atoms with Crippen molar-refractivity contribution in [2.24, 2.45) is 11.8 Å². The second kappa shape index (κ2) is 8.19. The number of likely N-dealkylation sites (tertiary alicyclic amines) is 2. The lowest BCUT2D eigenvalue weighted by atomic mass is 9.82. The summed E-state index contributed by atoms with van der Waals surface area (Å²) in [5, 5.41) is 0. The average molecular weight is 360 g/mol. The number of halogens is 1. The fourth-order valence-corrected chi connectivity index (χ4v) is 4.44. The molecule has 4 nitrogen and oxygen atoms in total. The van der Waals surface area contributed by atoms with Gasteiger partial charge in [0.1, 0.15) is 5.82 Å². The van der Waals surface area contributed by atoms with E-state index in [-0.39, 0.29) is 29.6 Å². The fourth-order valence-electron chi connectivity index (χ4n) is 4.44. The number of rotatable bonds is 5. The largest absolute Gasteiger partial charge is 0.342 e. The zero-order chi connectivity index (χ0) is 18.7. The minimum absolute atomic E-state index is 0.118. The Hall–Kier alpha value is -1.91. The van der Waals surface area contributed by atoms with Gasteiger partial charge in [0.05, 0.1) is 0 Å². The number of carbonyl (C=O) groups is 2. The predicted molar refractivity (Wildman–Crippen MR) is 98.7 cm³/mol. The zero-order valence-corrected chi connectivity index (χ0v) is 15.8. The molecule has 2 heterocycles. The monoisotopic (exact) mass is 360 g/mol. The number of hydrogen-bond donors (Lipinski definition) is 0. The Bertz CT molecular complexity index is 642. The summed E-state index contributed by atoms with van der Waals surface area (Å²) < 4.78 is 13.1. The topological polar surface area (TPSA) is 40.6 Å².